The van der Waals surface area contributed by atoms with Crippen molar-refractivity contribution in [2.75, 3.05) is 32.8 Å². The molecule has 4 rings (SSSR count). The van der Waals surface area contributed by atoms with E-state index in [0.29, 0.717) is 45.0 Å². The van der Waals surface area contributed by atoms with Crippen molar-refractivity contribution in [1.29, 1.82) is 0 Å². The van der Waals surface area contributed by atoms with Gasteiger partial charge in [-0.2, -0.15) is 5.10 Å². The maximum absolute atomic E-state index is 13.3. The molecule has 0 aliphatic carbocycles. The van der Waals surface area contributed by atoms with Crippen molar-refractivity contribution >= 4 is 35.2 Å². The number of carboxylic acid groups (broad SMARTS) is 1. The van der Waals surface area contributed by atoms with E-state index in [2.05, 4.69) is 26.2 Å². The highest BCUT2D eigenvalue weighted by Gasteiger charge is 2.25. The number of halogens is 2. The summed E-state index contributed by atoms with van der Waals surface area (Å²) < 4.78 is 7.56. The number of amides is 2. The fourth-order valence-corrected chi connectivity index (χ4v) is 5.32. The van der Waals surface area contributed by atoms with Crippen LogP contribution in [0.2, 0.25) is 10.0 Å². The zero-order valence-electron chi connectivity index (χ0n) is 24.6. The number of nitrogens with one attached hydrogen (secondary N) is 1. The summed E-state index contributed by atoms with van der Waals surface area (Å²) >= 11 is 12.7. The van der Waals surface area contributed by atoms with E-state index in [4.69, 9.17) is 33.0 Å². The van der Waals surface area contributed by atoms with Gasteiger partial charge in [-0.3, -0.25) is 10.2 Å². The Kier molecular flexibility index (Phi) is 10.4. The summed E-state index contributed by atoms with van der Waals surface area (Å²) in [6.45, 7) is 10.7. The Morgan fingerprint density at radius 1 is 1.05 bits per heavy atom. The second-order valence-corrected chi connectivity index (χ2v) is 12.6. The van der Waals surface area contributed by atoms with Gasteiger partial charge >= 0.3 is 6.09 Å². The van der Waals surface area contributed by atoms with E-state index in [-0.39, 0.29) is 24.5 Å². The first-order valence-electron chi connectivity index (χ1n) is 14.2. The van der Waals surface area contributed by atoms with E-state index in [1.165, 1.54) is 4.90 Å². The molecule has 42 heavy (non-hydrogen) atoms. The molecule has 226 valence electrons. The molecule has 0 radical (unpaired) electrons. The number of hydrogen-bond acceptors (Lipinski definition) is 5. The molecule has 2 heterocycles. The van der Waals surface area contributed by atoms with Gasteiger partial charge in [-0.25, -0.2) is 14.5 Å². The first kappa shape index (κ1) is 31.7. The minimum atomic E-state index is -0.956. The van der Waals surface area contributed by atoms with Gasteiger partial charge in [0.2, 0.25) is 0 Å². The number of carbonyl (C=O) groups is 2. The fraction of sp³-hybridized carbons (Fsp3) is 0.452. The Morgan fingerprint density at radius 3 is 2.36 bits per heavy atom. The number of piperidine rings is 1. The average Bonchev–Trinajstić information content (AvgIpc) is 3.27. The van der Waals surface area contributed by atoms with Gasteiger partial charge in [-0.15, -0.1) is 0 Å². The molecule has 1 aromatic heterocycles. The van der Waals surface area contributed by atoms with Crippen molar-refractivity contribution in [2.45, 2.75) is 53.4 Å². The third kappa shape index (κ3) is 8.18. The molecule has 9 nitrogen and oxygen atoms in total. The number of nitrogens with zero attached hydrogens (tertiary/aromatic N) is 4. The molecule has 3 aromatic rings. The summed E-state index contributed by atoms with van der Waals surface area (Å²) in [5.74, 6) is 0.338. The third-order valence-corrected chi connectivity index (χ3v) is 7.79. The second-order valence-electron chi connectivity index (χ2n) is 11.8. The van der Waals surface area contributed by atoms with E-state index in [1.807, 2.05) is 36.2 Å². The fourth-order valence-electron chi connectivity index (χ4n) is 4.84. The van der Waals surface area contributed by atoms with Gasteiger partial charge in [0.25, 0.3) is 5.91 Å². The summed E-state index contributed by atoms with van der Waals surface area (Å²) in [4.78, 5) is 26.4. The molecule has 11 heteroatoms. The van der Waals surface area contributed by atoms with Crippen LogP contribution in [0.5, 0.6) is 5.75 Å². The molecular formula is C31H39Cl2N5O4. The Labute approximate surface area is 257 Å². The van der Waals surface area contributed by atoms with Crippen LogP contribution in [0.15, 0.2) is 42.5 Å². The van der Waals surface area contributed by atoms with Gasteiger partial charge in [0, 0.05) is 35.8 Å². The number of ether oxygens (including phenoxy) is 1. The van der Waals surface area contributed by atoms with E-state index in [9.17, 15) is 14.7 Å². The zero-order chi connectivity index (χ0) is 30.4. The van der Waals surface area contributed by atoms with Crippen LogP contribution in [0.1, 0.15) is 62.5 Å². The molecule has 2 aromatic carbocycles. The molecule has 2 N–H and O–H groups in total. The lowest BCUT2D eigenvalue weighted by Crippen LogP contribution is -2.45. The standard InChI is InChI=1S/C31H39Cl2N5O4/c1-21-27(29(39)35-37-15-6-5-7-16-37)34-38(26-13-10-23(32)20-25(26)33)28(21)22-8-11-24(12-9-22)42-19-18-36(30(40)41)17-14-31(2,3)4/h8-13,20H,5-7,14-19H2,1-4H3,(H,35,39)(H,40,41). The molecule has 0 atom stereocenters. The molecule has 0 unspecified atom stereocenters. The average molecular weight is 617 g/mol. The molecular weight excluding hydrogens is 577 g/mol. The second kappa shape index (κ2) is 13.8. The van der Waals surface area contributed by atoms with Crippen molar-refractivity contribution in [3.63, 3.8) is 0 Å². The van der Waals surface area contributed by atoms with Crippen molar-refractivity contribution in [2.24, 2.45) is 5.41 Å². The largest absolute Gasteiger partial charge is 0.492 e. The van der Waals surface area contributed by atoms with Crippen LogP contribution in [-0.2, 0) is 0 Å². The van der Waals surface area contributed by atoms with Gasteiger partial charge in [-0.05, 0) is 74.1 Å². The lowest BCUT2D eigenvalue weighted by Gasteiger charge is -2.26. The van der Waals surface area contributed by atoms with Crippen LogP contribution in [-0.4, -0.2) is 69.6 Å². The smallest absolute Gasteiger partial charge is 0.407 e. The van der Waals surface area contributed by atoms with Crippen molar-refractivity contribution < 1.29 is 19.4 Å². The minimum absolute atomic E-state index is 0.0410. The number of carbonyl (C=O) groups excluding carboxylic acids is 1. The molecule has 2 amide bonds. The molecule has 0 spiro atoms. The molecule has 0 bridgehead atoms. The lowest BCUT2D eigenvalue weighted by atomic mass is 9.92. The number of hydrazine groups is 1. The quantitative estimate of drug-likeness (QED) is 0.253. The number of benzene rings is 2. The first-order chi connectivity index (χ1) is 19.9. The van der Waals surface area contributed by atoms with E-state index in [0.717, 1.165) is 44.3 Å². The van der Waals surface area contributed by atoms with Crippen LogP contribution in [0.25, 0.3) is 16.9 Å². The van der Waals surface area contributed by atoms with Crippen LogP contribution in [0, 0.1) is 12.3 Å². The first-order valence-corrected chi connectivity index (χ1v) is 15.0. The Bertz CT molecular complexity index is 1400. The third-order valence-electron chi connectivity index (χ3n) is 7.25. The van der Waals surface area contributed by atoms with Crippen LogP contribution < -0.4 is 10.2 Å². The van der Waals surface area contributed by atoms with E-state index in [1.54, 1.807) is 22.9 Å². The van der Waals surface area contributed by atoms with Crippen LogP contribution in [0.3, 0.4) is 0 Å². The van der Waals surface area contributed by atoms with E-state index >= 15 is 0 Å². The molecule has 1 saturated heterocycles. The lowest BCUT2D eigenvalue weighted by molar-refractivity contribution is 0.0743. The number of aromatic nitrogens is 2. The normalized spacial score (nSPS) is 14.0. The van der Waals surface area contributed by atoms with Crippen molar-refractivity contribution in [3.8, 4) is 22.7 Å². The highest BCUT2D eigenvalue weighted by atomic mass is 35.5. The Morgan fingerprint density at radius 2 is 1.74 bits per heavy atom. The predicted molar refractivity (Wildman–Crippen MR) is 166 cm³/mol. The summed E-state index contributed by atoms with van der Waals surface area (Å²) in [5, 5.41) is 17.1. The van der Waals surface area contributed by atoms with Gasteiger partial charge in [0.15, 0.2) is 5.69 Å². The van der Waals surface area contributed by atoms with Gasteiger partial charge in [-0.1, -0.05) is 50.4 Å². The molecule has 1 aliphatic rings. The highest BCUT2D eigenvalue weighted by molar-refractivity contribution is 6.35. The highest BCUT2D eigenvalue weighted by Crippen LogP contribution is 2.33. The summed E-state index contributed by atoms with van der Waals surface area (Å²) in [5.41, 5.74) is 6.20. The topological polar surface area (TPSA) is 99.9 Å². The number of hydrogen-bond donors (Lipinski definition) is 2. The van der Waals surface area contributed by atoms with Crippen molar-refractivity contribution in [1.82, 2.24) is 25.1 Å². The molecule has 1 fully saturated rings. The minimum Gasteiger partial charge on any atom is -0.492 e. The summed E-state index contributed by atoms with van der Waals surface area (Å²) in [6, 6.07) is 12.6. The molecule has 1 aliphatic heterocycles. The summed E-state index contributed by atoms with van der Waals surface area (Å²) in [7, 11) is 0. The SMILES string of the molecule is Cc1c(C(=O)NN2CCCCC2)nn(-c2ccc(Cl)cc2Cl)c1-c1ccc(OCCN(CCC(C)(C)C)C(=O)O)cc1. The van der Waals surface area contributed by atoms with Crippen LogP contribution >= 0.6 is 23.2 Å². The Hall–Kier alpha value is -3.27. The van der Waals surface area contributed by atoms with Gasteiger partial charge in [0.05, 0.1) is 22.9 Å². The Balaban J connectivity index is 1.56. The summed E-state index contributed by atoms with van der Waals surface area (Å²) in [6.07, 6.45) is 3.05. The van der Waals surface area contributed by atoms with Crippen molar-refractivity contribution in [3.05, 3.63) is 63.8 Å². The zero-order valence-corrected chi connectivity index (χ0v) is 26.1. The molecule has 0 saturated carbocycles. The van der Waals surface area contributed by atoms with Gasteiger partial charge in [0.1, 0.15) is 12.4 Å². The maximum Gasteiger partial charge on any atom is 0.407 e. The predicted octanol–water partition coefficient (Wildman–Crippen LogP) is 7.08. The maximum atomic E-state index is 13.3. The number of rotatable bonds is 10. The monoisotopic (exact) mass is 615 g/mol. The van der Waals surface area contributed by atoms with E-state index < -0.39 is 6.09 Å². The van der Waals surface area contributed by atoms with Gasteiger partial charge < -0.3 is 14.7 Å². The van der Waals surface area contributed by atoms with Crippen LogP contribution in [0.4, 0.5) is 4.79 Å².